The first kappa shape index (κ1) is 24.8. The number of benzene rings is 2. The number of ether oxygens (including phenoxy) is 1. The highest BCUT2D eigenvalue weighted by molar-refractivity contribution is 5.79. The van der Waals surface area contributed by atoms with Crippen molar-refractivity contribution in [2.24, 2.45) is 17.8 Å². The molecular weight excluding hydrogens is 444 g/mol. The molecule has 2 aliphatic rings. The lowest BCUT2D eigenvalue weighted by molar-refractivity contribution is -0.139. The van der Waals surface area contributed by atoms with Crippen molar-refractivity contribution in [2.45, 2.75) is 51.5 Å². The van der Waals surface area contributed by atoms with Gasteiger partial charge in [-0.1, -0.05) is 61.9 Å². The average Bonchev–Trinajstić information content (AvgIpc) is 3.56. The van der Waals surface area contributed by atoms with Gasteiger partial charge in [0.25, 0.3) is 0 Å². The highest BCUT2D eigenvalue weighted by Crippen LogP contribution is 2.44. The molecule has 3 N–H and O–H groups in total. The third-order valence-electron chi connectivity index (χ3n) is 7.21. The monoisotopic (exact) mass is 478 g/mol. The van der Waals surface area contributed by atoms with Crippen molar-refractivity contribution >= 4 is 18.0 Å². The lowest BCUT2D eigenvalue weighted by Gasteiger charge is -2.18. The van der Waals surface area contributed by atoms with E-state index in [0.717, 1.165) is 12.8 Å². The normalized spacial score (nSPS) is 19.7. The van der Waals surface area contributed by atoms with Crippen LogP contribution in [0, 0.1) is 17.8 Å². The molecule has 0 radical (unpaired) electrons. The Kier molecular flexibility index (Phi) is 7.73. The molecule has 1 fully saturated rings. The van der Waals surface area contributed by atoms with Gasteiger partial charge < -0.3 is 20.5 Å². The second-order valence-electron chi connectivity index (χ2n) is 9.89. The van der Waals surface area contributed by atoms with E-state index in [1.54, 1.807) is 0 Å². The molecule has 2 aromatic carbocycles. The minimum absolute atomic E-state index is 0.0317. The summed E-state index contributed by atoms with van der Waals surface area (Å²) in [5, 5.41) is 14.7. The van der Waals surface area contributed by atoms with Crippen LogP contribution in [0.5, 0.6) is 0 Å². The number of amides is 2. The standard InChI is InChI=1S/C28H34N2O5/c1-17(26(31)29-15-19-14-24(19)27(32)33)8-7-9-18(2)30-28(34)35-16-25-22-12-5-3-10-20(22)21-11-4-6-13-23(21)25/h3-6,10-13,17-19,24-25H,7-9,14-16H2,1-2H3,(H,29,31)(H,30,34)(H,32,33)/t17?,18?,19-,24-/m0/s1. The van der Waals surface area contributed by atoms with Gasteiger partial charge in [-0.05, 0) is 54.4 Å². The zero-order valence-corrected chi connectivity index (χ0v) is 20.3. The predicted molar refractivity (Wildman–Crippen MR) is 133 cm³/mol. The molecule has 1 saturated carbocycles. The first-order valence-electron chi connectivity index (χ1n) is 12.5. The van der Waals surface area contributed by atoms with E-state index < -0.39 is 12.1 Å². The number of hydrogen-bond acceptors (Lipinski definition) is 4. The van der Waals surface area contributed by atoms with Crippen molar-refractivity contribution in [3.63, 3.8) is 0 Å². The smallest absolute Gasteiger partial charge is 0.407 e. The van der Waals surface area contributed by atoms with E-state index in [4.69, 9.17) is 9.84 Å². The van der Waals surface area contributed by atoms with Crippen molar-refractivity contribution in [1.29, 1.82) is 0 Å². The number of hydrogen-bond donors (Lipinski definition) is 3. The molecule has 35 heavy (non-hydrogen) atoms. The minimum atomic E-state index is -0.782. The lowest BCUT2D eigenvalue weighted by atomic mass is 9.98. The molecule has 2 amide bonds. The van der Waals surface area contributed by atoms with Gasteiger partial charge in [-0.3, -0.25) is 9.59 Å². The molecule has 4 rings (SSSR count). The number of carbonyl (C=O) groups excluding carboxylic acids is 2. The van der Waals surface area contributed by atoms with Crippen LogP contribution in [0.25, 0.3) is 11.1 Å². The van der Waals surface area contributed by atoms with Crippen molar-refractivity contribution in [2.75, 3.05) is 13.2 Å². The molecule has 0 aromatic heterocycles. The van der Waals surface area contributed by atoms with Gasteiger partial charge in [0, 0.05) is 24.4 Å². The molecule has 2 aliphatic carbocycles. The highest BCUT2D eigenvalue weighted by atomic mass is 16.5. The quantitative estimate of drug-likeness (QED) is 0.439. The van der Waals surface area contributed by atoms with E-state index in [1.165, 1.54) is 22.3 Å². The van der Waals surface area contributed by atoms with Crippen molar-refractivity contribution in [3.8, 4) is 11.1 Å². The molecular formula is C28H34N2O5. The first-order valence-corrected chi connectivity index (χ1v) is 12.5. The summed E-state index contributed by atoms with van der Waals surface area (Å²) in [6.45, 7) is 4.53. The summed E-state index contributed by atoms with van der Waals surface area (Å²) in [5.74, 6) is -1.20. The molecule has 7 heteroatoms. The fraction of sp³-hybridized carbons (Fsp3) is 0.464. The third kappa shape index (κ3) is 6.02. The van der Waals surface area contributed by atoms with E-state index in [9.17, 15) is 14.4 Å². The van der Waals surface area contributed by atoms with E-state index in [2.05, 4.69) is 34.9 Å². The number of rotatable bonds is 11. The molecule has 4 atom stereocenters. The Morgan fingerprint density at radius 2 is 1.63 bits per heavy atom. The van der Waals surface area contributed by atoms with Crippen LogP contribution in [0.15, 0.2) is 48.5 Å². The number of carboxylic acids is 1. The molecule has 2 aromatic rings. The molecule has 7 nitrogen and oxygen atoms in total. The summed E-state index contributed by atoms with van der Waals surface area (Å²) in [6, 6.07) is 16.4. The van der Waals surface area contributed by atoms with Gasteiger partial charge in [-0.2, -0.15) is 0 Å². The largest absolute Gasteiger partial charge is 0.481 e. The number of carboxylic acid groups (broad SMARTS) is 1. The molecule has 0 aliphatic heterocycles. The Balaban J connectivity index is 1.15. The maximum absolute atomic E-state index is 12.4. The van der Waals surface area contributed by atoms with Crippen LogP contribution in [0.4, 0.5) is 4.79 Å². The molecule has 0 heterocycles. The van der Waals surface area contributed by atoms with E-state index in [-0.39, 0.29) is 42.2 Å². The molecule has 0 bridgehead atoms. The summed E-state index contributed by atoms with van der Waals surface area (Å²) < 4.78 is 5.61. The Hall–Kier alpha value is -3.35. The number of carbonyl (C=O) groups is 3. The maximum Gasteiger partial charge on any atom is 0.407 e. The van der Waals surface area contributed by atoms with Gasteiger partial charge in [-0.15, -0.1) is 0 Å². The van der Waals surface area contributed by atoms with Crippen molar-refractivity contribution < 1.29 is 24.2 Å². The number of fused-ring (bicyclic) bond motifs is 3. The third-order valence-corrected chi connectivity index (χ3v) is 7.21. The fourth-order valence-electron chi connectivity index (χ4n) is 4.96. The van der Waals surface area contributed by atoms with Gasteiger partial charge in [-0.25, -0.2) is 4.79 Å². The number of alkyl carbamates (subject to hydrolysis) is 1. The maximum atomic E-state index is 12.4. The van der Waals surface area contributed by atoms with Crippen LogP contribution < -0.4 is 10.6 Å². The highest BCUT2D eigenvalue weighted by Gasteiger charge is 2.43. The Morgan fingerprint density at radius 3 is 2.23 bits per heavy atom. The minimum Gasteiger partial charge on any atom is -0.481 e. The van der Waals surface area contributed by atoms with Crippen LogP contribution in [0.1, 0.15) is 56.6 Å². The summed E-state index contributed by atoms with van der Waals surface area (Å²) in [6.07, 6.45) is 2.45. The van der Waals surface area contributed by atoms with Crippen LogP contribution >= 0.6 is 0 Å². The van der Waals surface area contributed by atoms with Gasteiger partial charge in [0.15, 0.2) is 0 Å². The van der Waals surface area contributed by atoms with Crippen LogP contribution in [-0.2, 0) is 14.3 Å². The zero-order chi connectivity index (χ0) is 24.9. The summed E-state index contributed by atoms with van der Waals surface area (Å²) in [4.78, 5) is 35.6. The second kappa shape index (κ2) is 10.9. The van der Waals surface area contributed by atoms with Gasteiger partial charge in [0.2, 0.25) is 5.91 Å². The fourth-order valence-corrected chi connectivity index (χ4v) is 4.96. The lowest BCUT2D eigenvalue weighted by Crippen LogP contribution is -2.34. The first-order chi connectivity index (χ1) is 16.8. The van der Waals surface area contributed by atoms with Gasteiger partial charge in [0.05, 0.1) is 5.92 Å². The Bertz CT molecular complexity index is 1040. The molecule has 0 spiro atoms. The van der Waals surface area contributed by atoms with Gasteiger partial charge >= 0.3 is 12.1 Å². The molecule has 186 valence electrons. The van der Waals surface area contributed by atoms with Gasteiger partial charge in [0.1, 0.15) is 6.61 Å². The SMILES string of the molecule is CC(CCCC(C)C(=O)NC[C@@H]1C[C@@H]1C(=O)O)NC(=O)OCC1c2ccccc2-c2ccccc21. The van der Waals surface area contributed by atoms with E-state index >= 15 is 0 Å². The number of aliphatic carboxylic acids is 1. The summed E-state index contributed by atoms with van der Waals surface area (Å²) >= 11 is 0. The van der Waals surface area contributed by atoms with Crippen LogP contribution in [0.3, 0.4) is 0 Å². The topological polar surface area (TPSA) is 105 Å². The van der Waals surface area contributed by atoms with Crippen molar-refractivity contribution in [3.05, 3.63) is 59.7 Å². The van der Waals surface area contributed by atoms with Crippen LogP contribution in [0.2, 0.25) is 0 Å². The molecule has 2 unspecified atom stereocenters. The summed E-state index contributed by atoms with van der Waals surface area (Å²) in [7, 11) is 0. The van der Waals surface area contributed by atoms with E-state index in [1.807, 2.05) is 38.1 Å². The zero-order valence-electron chi connectivity index (χ0n) is 20.3. The molecule has 0 saturated heterocycles. The Morgan fingerprint density at radius 1 is 1.00 bits per heavy atom. The Labute approximate surface area is 206 Å². The average molecular weight is 479 g/mol. The van der Waals surface area contributed by atoms with Crippen molar-refractivity contribution in [1.82, 2.24) is 10.6 Å². The predicted octanol–water partition coefficient (Wildman–Crippen LogP) is 4.56. The second-order valence-corrected chi connectivity index (χ2v) is 9.89. The number of nitrogens with one attached hydrogen (secondary N) is 2. The van der Waals surface area contributed by atoms with E-state index in [0.29, 0.717) is 19.4 Å². The summed E-state index contributed by atoms with van der Waals surface area (Å²) in [5.41, 5.74) is 4.76. The van der Waals surface area contributed by atoms with Crippen LogP contribution in [-0.4, -0.2) is 42.3 Å².